The van der Waals surface area contributed by atoms with Crippen LogP contribution in [0.4, 0.5) is 0 Å². The van der Waals surface area contributed by atoms with Crippen molar-refractivity contribution in [2.75, 3.05) is 13.1 Å². The second kappa shape index (κ2) is 9.87. The molecule has 29 heavy (non-hydrogen) atoms. The SMILES string of the molecule is Cc1c(C(=O)NC(C)CCc2ccc(OC(C)C)cc2)nnn1C1CCNCC1. The number of benzene rings is 1. The van der Waals surface area contributed by atoms with Crippen LogP contribution in [0, 0.1) is 6.92 Å². The van der Waals surface area contributed by atoms with Crippen molar-refractivity contribution in [1.29, 1.82) is 0 Å². The van der Waals surface area contributed by atoms with Crippen molar-refractivity contribution >= 4 is 5.91 Å². The summed E-state index contributed by atoms with van der Waals surface area (Å²) in [4.78, 5) is 12.7. The minimum atomic E-state index is -0.143. The van der Waals surface area contributed by atoms with Gasteiger partial charge >= 0.3 is 0 Å². The van der Waals surface area contributed by atoms with E-state index in [1.165, 1.54) is 5.56 Å². The lowest BCUT2D eigenvalue weighted by molar-refractivity contribution is 0.0932. The molecule has 1 atom stereocenters. The number of amides is 1. The van der Waals surface area contributed by atoms with Crippen molar-refractivity contribution in [1.82, 2.24) is 25.6 Å². The van der Waals surface area contributed by atoms with E-state index in [2.05, 4.69) is 33.1 Å². The van der Waals surface area contributed by atoms with E-state index in [0.29, 0.717) is 11.7 Å². The van der Waals surface area contributed by atoms with Crippen molar-refractivity contribution < 1.29 is 9.53 Å². The number of carbonyl (C=O) groups excluding carboxylic acids is 1. The van der Waals surface area contributed by atoms with Crippen LogP contribution in [0.1, 0.15) is 67.8 Å². The average Bonchev–Trinajstić information content (AvgIpc) is 3.09. The zero-order valence-electron chi connectivity index (χ0n) is 17.9. The molecule has 7 nitrogen and oxygen atoms in total. The number of hydrogen-bond donors (Lipinski definition) is 2. The second-order valence-corrected chi connectivity index (χ2v) is 8.17. The second-order valence-electron chi connectivity index (χ2n) is 8.17. The third-order valence-electron chi connectivity index (χ3n) is 5.34. The number of piperidine rings is 1. The molecule has 1 saturated heterocycles. The van der Waals surface area contributed by atoms with E-state index in [0.717, 1.165) is 50.2 Å². The number of aryl methyl sites for hydroxylation is 1. The van der Waals surface area contributed by atoms with Gasteiger partial charge in [0, 0.05) is 6.04 Å². The lowest BCUT2D eigenvalue weighted by Crippen LogP contribution is -2.34. The fourth-order valence-electron chi connectivity index (χ4n) is 3.70. The largest absolute Gasteiger partial charge is 0.491 e. The molecule has 0 radical (unpaired) electrons. The first-order valence-corrected chi connectivity index (χ1v) is 10.6. The summed E-state index contributed by atoms with van der Waals surface area (Å²) in [5.74, 6) is 0.744. The summed E-state index contributed by atoms with van der Waals surface area (Å²) in [5, 5.41) is 14.8. The Bertz CT molecular complexity index is 794. The zero-order valence-corrected chi connectivity index (χ0v) is 17.9. The molecule has 0 aliphatic carbocycles. The first kappa shape index (κ1) is 21.3. The van der Waals surface area contributed by atoms with Crippen LogP contribution in [0.5, 0.6) is 5.75 Å². The summed E-state index contributed by atoms with van der Waals surface area (Å²) in [5.41, 5.74) is 2.52. The smallest absolute Gasteiger partial charge is 0.273 e. The minimum absolute atomic E-state index is 0.0533. The normalized spacial score (nSPS) is 16.0. The van der Waals surface area contributed by atoms with Crippen LogP contribution >= 0.6 is 0 Å². The van der Waals surface area contributed by atoms with Crippen LogP contribution in [-0.4, -0.2) is 46.1 Å². The van der Waals surface area contributed by atoms with Gasteiger partial charge in [-0.2, -0.15) is 0 Å². The Kier molecular flexibility index (Phi) is 7.25. The number of hydrogen-bond acceptors (Lipinski definition) is 5. The van der Waals surface area contributed by atoms with Crippen LogP contribution < -0.4 is 15.4 Å². The molecule has 3 rings (SSSR count). The fourth-order valence-corrected chi connectivity index (χ4v) is 3.70. The number of nitrogens with one attached hydrogen (secondary N) is 2. The van der Waals surface area contributed by atoms with E-state index in [1.54, 1.807) is 0 Å². The molecule has 7 heteroatoms. The first-order chi connectivity index (χ1) is 13.9. The van der Waals surface area contributed by atoms with Crippen LogP contribution in [0.15, 0.2) is 24.3 Å². The van der Waals surface area contributed by atoms with Gasteiger partial charge in [-0.25, -0.2) is 4.68 Å². The molecule has 1 aromatic heterocycles. The highest BCUT2D eigenvalue weighted by Crippen LogP contribution is 2.20. The van der Waals surface area contributed by atoms with Crippen LogP contribution in [0.25, 0.3) is 0 Å². The van der Waals surface area contributed by atoms with Crippen LogP contribution in [0.2, 0.25) is 0 Å². The van der Waals surface area contributed by atoms with Gasteiger partial charge in [0.2, 0.25) is 0 Å². The predicted molar refractivity (Wildman–Crippen MR) is 113 cm³/mol. The molecule has 158 valence electrons. The maximum Gasteiger partial charge on any atom is 0.273 e. The van der Waals surface area contributed by atoms with Gasteiger partial charge in [-0.05, 0) is 84.2 Å². The Hall–Kier alpha value is -2.41. The van der Waals surface area contributed by atoms with Gasteiger partial charge in [-0.3, -0.25) is 4.79 Å². The number of aromatic nitrogens is 3. The molecule has 2 N–H and O–H groups in total. The van der Waals surface area contributed by atoms with Crippen LogP contribution in [-0.2, 0) is 6.42 Å². The standard InChI is InChI=1S/C22H33N5O2/c1-15(2)29-20-9-7-18(8-10-20)6-5-16(3)24-22(28)21-17(4)27(26-25-21)19-11-13-23-14-12-19/h7-10,15-16,19,23H,5-6,11-14H2,1-4H3,(H,24,28). The minimum Gasteiger partial charge on any atom is -0.491 e. The highest BCUT2D eigenvalue weighted by atomic mass is 16.5. The summed E-state index contributed by atoms with van der Waals surface area (Å²) >= 11 is 0. The summed E-state index contributed by atoms with van der Waals surface area (Å²) in [7, 11) is 0. The molecule has 1 amide bonds. The van der Waals surface area contributed by atoms with E-state index < -0.39 is 0 Å². The maximum absolute atomic E-state index is 12.7. The van der Waals surface area contributed by atoms with Crippen molar-refractivity contribution in [3.8, 4) is 5.75 Å². The summed E-state index contributed by atoms with van der Waals surface area (Å²) < 4.78 is 7.60. The highest BCUT2D eigenvalue weighted by molar-refractivity contribution is 5.93. The number of ether oxygens (including phenoxy) is 1. The summed E-state index contributed by atoms with van der Waals surface area (Å²) in [6, 6.07) is 8.55. The quantitative estimate of drug-likeness (QED) is 0.713. The maximum atomic E-state index is 12.7. The molecule has 2 heterocycles. The molecule has 0 bridgehead atoms. The number of nitrogens with zero attached hydrogens (tertiary/aromatic N) is 3. The van der Waals surface area contributed by atoms with Gasteiger partial charge < -0.3 is 15.4 Å². The van der Waals surface area contributed by atoms with Crippen molar-refractivity contribution in [3.05, 3.63) is 41.2 Å². The molecular formula is C22H33N5O2. The van der Waals surface area contributed by atoms with Crippen molar-refractivity contribution in [2.24, 2.45) is 0 Å². The van der Waals surface area contributed by atoms with Gasteiger partial charge in [0.15, 0.2) is 5.69 Å². The van der Waals surface area contributed by atoms with Gasteiger partial charge in [0.05, 0.1) is 17.8 Å². The predicted octanol–water partition coefficient (Wildman–Crippen LogP) is 3.05. The number of carbonyl (C=O) groups is 1. The average molecular weight is 400 g/mol. The monoisotopic (exact) mass is 399 g/mol. The van der Waals surface area contributed by atoms with E-state index in [1.807, 2.05) is 44.5 Å². The topological polar surface area (TPSA) is 81.1 Å². The van der Waals surface area contributed by atoms with Crippen LogP contribution in [0.3, 0.4) is 0 Å². The van der Waals surface area contributed by atoms with E-state index >= 15 is 0 Å². The Morgan fingerprint density at radius 2 is 1.93 bits per heavy atom. The molecule has 1 aliphatic heterocycles. The molecule has 2 aromatic rings. The van der Waals surface area contributed by atoms with E-state index in [4.69, 9.17) is 4.74 Å². The molecule has 0 spiro atoms. The Balaban J connectivity index is 1.51. The molecule has 1 aromatic carbocycles. The molecule has 1 fully saturated rings. The van der Waals surface area contributed by atoms with Crippen molar-refractivity contribution in [3.63, 3.8) is 0 Å². The zero-order chi connectivity index (χ0) is 20.8. The summed E-state index contributed by atoms with van der Waals surface area (Å²) in [6.07, 6.45) is 3.96. The molecule has 0 saturated carbocycles. The van der Waals surface area contributed by atoms with Gasteiger partial charge in [0.1, 0.15) is 5.75 Å². The third-order valence-corrected chi connectivity index (χ3v) is 5.34. The highest BCUT2D eigenvalue weighted by Gasteiger charge is 2.23. The lowest BCUT2D eigenvalue weighted by atomic mass is 10.1. The molecular weight excluding hydrogens is 366 g/mol. The van der Waals surface area contributed by atoms with Gasteiger partial charge in [-0.15, -0.1) is 5.10 Å². The lowest BCUT2D eigenvalue weighted by Gasteiger charge is -2.23. The first-order valence-electron chi connectivity index (χ1n) is 10.6. The Morgan fingerprint density at radius 1 is 1.24 bits per heavy atom. The Morgan fingerprint density at radius 3 is 2.59 bits per heavy atom. The molecule has 1 aliphatic rings. The van der Waals surface area contributed by atoms with Crippen molar-refractivity contribution in [2.45, 2.75) is 71.6 Å². The number of rotatable bonds is 8. The van der Waals surface area contributed by atoms with E-state index in [9.17, 15) is 4.79 Å². The Labute approximate surface area is 173 Å². The van der Waals surface area contributed by atoms with E-state index in [-0.39, 0.29) is 18.1 Å². The van der Waals surface area contributed by atoms with Gasteiger partial charge in [-0.1, -0.05) is 17.3 Å². The molecule has 1 unspecified atom stereocenters. The van der Waals surface area contributed by atoms with Gasteiger partial charge in [0.25, 0.3) is 5.91 Å². The summed E-state index contributed by atoms with van der Waals surface area (Å²) in [6.45, 7) is 9.96. The fraction of sp³-hybridized carbons (Fsp3) is 0.591. The third kappa shape index (κ3) is 5.79.